The minimum absolute atomic E-state index is 0.163. The van der Waals surface area contributed by atoms with E-state index in [1.54, 1.807) is 36.4 Å². The molecule has 2 aromatic rings. The number of carbonyl (C=O) groups is 4. The lowest BCUT2D eigenvalue weighted by Gasteiger charge is -2.34. The van der Waals surface area contributed by atoms with E-state index in [2.05, 4.69) is 5.32 Å². The fourth-order valence-corrected chi connectivity index (χ4v) is 4.22. The Bertz CT molecular complexity index is 1100. The van der Waals surface area contributed by atoms with Crippen molar-refractivity contribution in [2.24, 2.45) is 5.73 Å². The van der Waals surface area contributed by atoms with Gasteiger partial charge in [-0.3, -0.25) is 19.3 Å². The predicted molar refractivity (Wildman–Crippen MR) is 111 cm³/mol. The molecule has 9 heteroatoms. The Morgan fingerprint density at radius 3 is 2.22 bits per heavy atom. The van der Waals surface area contributed by atoms with Gasteiger partial charge in [-0.25, -0.2) is 13.6 Å². The topological polar surface area (TPSA) is 110 Å². The van der Waals surface area contributed by atoms with Crippen LogP contribution < -0.4 is 11.1 Å². The van der Waals surface area contributed by atoms with E-state index in [9.17, 15) is 28.0 Å². The maximum atomic E-state index is 13.5. The van der Waals surface area contributed by atoms with Crippen LogP contribution in [0.15, 0.2) is 48.5 Å². The monoisotopic (exact) mass is 441 g/mol. The summed E-state index contributed by atoms with van der Waals surface area (Å²) < 4.78 is 27.0. The van der Waals surface area contributed by atoms with Crippen molar-refractivity contribution in [1.29, 1.82) is 0 Å². The number of rotatable bonds is 5. The Morgan fingerprint density at radius 1 is 0.969 bits per heavy atom. The molecule has 0 bridgehead atoms. The summed E-state index contributed by atoms with van der Waals surface area (Å²) in [6, 6.07) is 12.4. The highest BCUT2D eigenvalue weighted by Crippen LogP contribution is 2.41. The normalized spacial score (nSPS) is 19.1. The maximum Gasteiger partial charge on any atom is 0.325 e. The average Bonchev–Trinajstić information content (AvgIpc) is 3.00. The number of carbonyl (C=O) groups excluding carboxylic acids is 4. The third kappa shape index (κ3) is 3.86. The molecule has 2 fully saturated rings. The standard InChI is InChI=1S/C23H21F2N3O4/c24-23(25)11-9-22(10-12-23)20(31)28(21(32)27-22)13-18(29)15-7-5-14(6-8-15)16-3-1-2-4-17(16)19(26)30/h1-8H,9-13H2,(H2,26,30)(H,27,32). The quantitative estimate of drug-likeness (QED) is 0.549. The molecule has 4 amide bonds. The van der Waals surface area contributed by atoms with Gasteiger partial charge in [-0.1, -0.05) is 42.5 Å². The van der Waals surface area contributed by atoms with Crippen molar-refractivity contribution >= 4 is 23.6 Å². The molecule has 0 atom stereocenters. The third-order valence-corrected chi connectivity index (χ3v) is 6.09. The number of hydrogen-bond acceptors (Lipinski definition) is 4. The number of hydrogen-bond donors (Lipinski definition) is 2. The van der Waals surface area contributed by atoms with Crippen LogP contribution in [0.5, 0.6) is 0 Å². The van der Waals surface area contributed by atoms with Crippen molar-refractivity contribution in [3.63, 3.8) is 0 Å². The minimum atomic E-state index is -2.85. The molecule has 1 spiro atoms. The van der Waals surface area contributed by atoms with Gasteiger partial charge in [0.25, 0.3) is 5.91 Å². The minimum Gasteiger partial charge on any atom is -0.366 e. The number of nitrogens with zero attached hydrogens (tertiary/aromatic N) is 1. The summed E-state index contributed by atoms with van der Waals surface area (Å²) >= 11 is 0. The van der Waals surface area contributed by atoms with Gasteiger partial charge >= 0.3 is 6.03 Å². The number of nitrogens with one attached hydrogen (secondary N) is 1. The first-order valence-electron chi connectivity index (χ1n) is 10.2. The SMILES string of the molecule is NC(=O)c1ccccc1-c1ccc(C(=O)CN2C(=O)NC3(CCC(F)(F)CC3)C2=O)cc1. The summed E-state index contributed by atoms with van der Waals surface area (Å²) in [5.74, 6) is -4.54. The summed E-state index contributed by atoms with van der Waals surface area (Å²) in [6.45, 7) is -0.486. The maximum absolute atomic E-state index is 13.5. The first-order chi connectivity index (χ1) is 15.1. The number of Topliss-reactive ketones (excluding diaryl/α,β-unsaturated/α-hetero) is 1. The number of halogens is 2. The zero-order chi connectivity index (χ0) is 23.1. The average molecular weight is 441 g/mol. The van der Waals surface area contributed by atoms with E-state index in [4.69, 9.17) is 5.73 Å². The lowest BCUT2D eigenvalue weighted by Crippen LogP contribution is -2.51. The van der Waals surface area contributed by atoms with Crippen LogP contribution in [0.25, 0.3) is 11.1 Å². The highest BCUT2D eigenvalue weighted by atomic mass is 19.3. The van der Waals surface area contributed by atoms with Crippen molar-refractivity contribution in [2.75, 3.05) is 6.54 Å². The van der Waals surface area contributed by atoms with Gasteiger partial charge in [0.15, 0.2) is 5.78 Å². The van der Waals surface area contributed by atoms with Crippen LogP contribution in [-0.2, 0) is 4.79 Å². The molecule has 0 radical (unpaired) electrons. The molecule has 0 unspecified atom stereocenters. The predicted octanol–water partition coefficient (Wildman–Crippen LogP) is 3.14. The highest BCUT2D eigenvalue weighted by Gasteiger charge is 2.55. The lowest BCUT2D eigenvalue weighted by molar-refractivity contribution is -0.135. The molecule has 4 rings (SSSR count). The second-order valence-corrected chi connectivity index (χ2v) is 8.17. The van der Waals surface area contributed by atoms with Gasteiger partial charge in [-0.2, -0.15) is 0 Å². The van der Waals surface area contributed by atoms with Gasteiger partial charge in [0, 0.05) is 24.0 Å². The van der Waals surface area contributed by atoms with Gasteiger partial charge < -0.3 is 11.1 Å². The van der Waals surface area contributed by atoms with Crippen molar-refractivity contribution < 1.29 is 28.0 Å². The fraction of sp³-hybridized carbons (Fsp3) is 0.304. The lowest BCUT2D eigenvalue weighted by atomic mass is 9.80. The van der Waals surface area contributed by atoms with Crippen molar-refractivity contribution in [3.8, 4) is 11.1 Å². The van der Waals surface area contributed by atoms with Crippen LogP contribution in [0.2, 0.25) is 0 Å². The number of primary amides is 1. The number of urea groups is 1. The number of alkyl halides is 2. The fourth-order valence-electron chi connectivity index (χ4n) is 4.22. The zero-order valence-corrected chi connectivity index (χ0v) is 17.1. The number of imide groups is 1. The number of benzene rings is 2. The molecule has 32 heavy (non-hydrogen) atoms. The molecule has 2 aromatic carbocycles. The van der Waals surface area contributed by atoms with E-state index in [0.29, 0.717) is 16.7 Å². The van der Waals surface area contributed by atoms with Crippen molar-refractivity contribution in [1.82, 2.24) is 10.2 Å². The van der Waals surface area contributed by atoms with Gasteiger partial charge in [0.2, 0.25) is 11.8 Å². The summed E-state index contributed by atoms with van der Waals surface area (Å²) in [5, 5.41) is 2.52. The van der Waals surface area contributed by atoms with Crippen molar-refractivity contribution in [3.05, 3.63) is 59.7 Å². The number of ketones is 1. The summed E-state index contributed by atoms with van der Waals surface area (Å²) in [4.78, 5) is 50.3. The first-order valence-corrected chi connectivity index (χ1v) is 10.2. The summed E-state index contributed by atoms with van der Waals surface area (Å²) in [7, 11) is 0. The molecule has 1 saturated heterocycles. The largest absolute Gasteiger partial charge is 0.366 e. The van der Waals surface area contributed by atoms with Gasteiger partial charge in [-0.15, -0.1) is 0 Å². The number of amides is 4. The molecule has 2 aliphatic rings. The first kappa shape index (κ1) is 21.6. The molecule has 1 aliphatic carbocycles. The Labute approximate surface area is 182 Å². The van der Waals surface area contributed by atoms with Crippen molar-refractivity contribution in [2.45, 2.75) is 37.1 Å². The Kier molecular flexibility index (Phi) is 5.28. The molecular formula is C23H21F2N3O4. The highest BCUT2D eigenvalue weighted by molar-refractivity contribution is 6.11. The van der Waals surface area contributed by atoms with Gasteiger partial charge in [-0.05, 0) is 30.0 Å². The van der Waals surface area contributed by atoms with Gasteiger partial charge in [0.05, 0.1) is 6.54 Å². The number of nitrogens with two attached hydrogens (primary N) is 1. The second-order valence-electron chi connectivity index (χ2n) is 8.17. The van der Waals surface area contributed by atoms with Crippen LogP contribution in [0.1, 0.15) is 46.4 Å². The smallest absolute Gasteiger partial charge is 0.325 e. The van der Waals surface area contributed by atoms with E-state index in [1.165, 1.54) is 12.1 Å². The van der Waals surface area contributed by atoms with E-state index < -0.39 is 54.5 Å². The van der Waals surface area contributed by atoms with Crippen LogP contribution in [0.4, 0.5) is 13.6 Å². The molecule has 0 aromatic heterocycles. The van der Waals surface area contributed by atoms with Crippen LogP contribution in [-0.4, -0.2) is 46.5 Å². The molecular weight excluding hydrogens is 420 g/mol. The Hall–Kier alpha value is -3.62. The van der Waals surface area contributed by atoms with E-state index in [-0.39, 0.29) is 18.4 Å². The molecule has 166 valence electrons. The third-order valence-electron chi connectivity index (χ3n) is 6.09. The molecule has 1 aliphatic heterocycles. The van der Waals surface area contributed by atoms with Crippen LogP contribution >= 0.6 is 0 Å². The van der Waals surface area contributed by atoms with Gasteiger partial charge in [0.1, 0.15) is 5.54 Å². The molecule has 1 saturated carbocycles. The zero-order valence-electron chi connectivity index (χ0n) is 17.1. The Morgan fingerprint density at radius 2 is 1.59 bits per heavy atom. The van der Waals surface area contributed by atoms with E-state index >= 15 is 0 Å². The summed E-state index contributed by atoms with van der Waals surface area (Å²) in [5.41, 5.74) is 5.95. The molecule has 1 heterocycles. The van der Waals surface area contributed by atoms with Crippen LogP contribution in [0, 0.1) is 0 Å². The van der Waals surface area contributed by atoms with E-state index in [0.717, 1.165) is 4.90 Å². The second kappa shape index (κ2) is 7.81. The van der Waals surface area contributed by atoms with E-state index in [1.807, 2.05) is 0 Å². The van der Waals surface area contributed by atoms with Crippen LogP contribution in [0.3, 0.4) is 0 Å². The molecule has 7 nitrogen and oxygen atoms in total. The Balaban J connectivity index is 1.48. The molecule has 3 N–H and O–H groups in total. The summed E-state index contributed by atoms with van der Waals surface area (Å²) in [6.07, 6.45) is -1.31.